The van der Waals surface area contributed by atoms with Crippen LogP contribution in [-0.4, -0.2) is 24.4 Å². The Morgan fingerprint density at radius 1 is 1.37 bits per heavy atom. The van der Waals surface area contributed by atoms with Crippen molar-refractivity contribution in [1.29, 1.82) is 0 Å². The van der Waals surface area contributed by atoms with Crippen molar-refractivity contribution < 1.29 is 9.59 Å². The Bertz CT molecular complexity index is 527. The van der Waals surface area contributed by atoms with Gasteiger partial charge in [0.15, 0.2) is 0 Å². The number of anilines is 1. The number of benzene rings is 1. The van der Waals surface area contributed by atoms with Crippen molar-refractivity contribution in [2.45, 2.75) is 32.2 Å². The van der Waals surface area contributed by atoms with E-state index >= 15 is 0 Å². The number of carbonyl (C=O) groups excluding carboxylic acids is 2. The predicted molar refractivity (Wildman–Crippen MR) is 72.8 cm³/mol. The lowest BCUT2D eigenvalue weighted by molar-refractivity contribution is -0.125. The molecule has 2 heterocycles. The SMILES string of the molecule is CC1CCc2ccccc2N1C(=O)C1CNC(=O)C1. The van der Waals surface area contributed by atoms with Crippen LogP contribution in [0.25, 0.3) is 0 Å². The third kappa shape index (κ3) is 2.11. The first-order valence-corrected chi connectivity index (χ1v) is 6.84. The van der Waals surface area contributed by atoms with Gasteiger partial charge < -0.3 is 10.2 Å². The molecule has 3 rings (SSSR count). The van der Waals surface area contributed by atoms with Crippen LogP contribution >= 0.6 is 0 Å². The average Bonchev–Trinajstić information content (AvgIpc) is 2.85. The van der Waals surface area contributed by atoms with E-state index in [-0.39, 0.29) is 23.8 Å². The van der Waals surface area contributed by atoms with Crippen molar-refractivity contribution in [3.63, 3.8) is 0 Å². The van der Waals surface area contributed by atoms with E-state index in [2.05, 4.69) is 18.3 Å². The quantitative estimate of drug-likeness (QED) is 0.829. The van der Waals surface area contributed by atoms with Crippen LogP contribution in [0.3, 0.4) is 0 Å². The fourth-order valence-electron chi connectivity index (χ4n) is 3.00. The van der Waals surface area contributed by atoms with E-state index in [9.17, 15) is 9.59 Å². The summed E-state index contributed by atoms with van der Waals surface area (Å²) in [6.45, 7) is 2.56. The highest BCUT2D eigenvalue weighted by molar-refractivity contribution is 6.00. The van der Waals surface area contributed by atoms with Gasteiger partial charge in [-0.05, 0) is 31.4 Å². The number of para-hydroxylation sites is 1. The van der Waals surface area contributed by atoms with Gasteiger partial charge in [0.05, 0.1) is 5.92 Å². The summed E-state index contributed by atoms with van der Waals surface area (Å²) in [5.74, 6) is -0.143. The molecule has 2 aliphatic heterocycles. The van der Waals surface area contributed by atoms with Crippen molar-refractivity contribution in [2.75, 3.05) is 11.4 Å². The van der Waals surface area contributed by atoms with Crippen molar-refractivity contribution >= 4 is 17.5 Å². The summed E-state index contributed by atoms with van der Waals surface area (Å²) in [5, 5.41) is 2.74. The third-order valence-corrected chi connectivity index (χ3v) is 4.09. The maximum atomic E-state index is 12.7. The number of hydrogen-bond acceptors (Lipinski definition) is 2. The fraction of sp³-hybridized carbons (Fsp3) is 0.467. The highest BCUT2D eigenvalue weighted by atomic mass is 16.2. The van der Waals surface area contributed by atoms with Crippen molar-refractivity contribution in [2.24, 2.45) is 5.92 Å². The molecule has 0 spiro atoms. The van der Waals surface area contributed by atoms with Crippen LogP contribution in [-0.2, 0) is 16.0 Å². The van der Waals surface area contributed by atoms with E-state index in [1.54, 1.807) is 0 Å². The first kappa shape index (κ1) is 12.2. The van der Waals surface area contributed by atoms with Crippen LogP contribution in [0, 0.1) is 5.92 Å². The van der Waals surface area contributed by atoms with E-state index in [1.807, 2.05) is 23.1 Å². The molecule has 0 aromatic heterocycles. The lowest BCUT2D eigenvalue weighted by Gasteiger charge is -2.36. The Balaban J connectivity index is 1.91. The smallest absolute Gasteiger partial charge is 0.232 e. The van der Waals surface area contributed by atoms with Crippen molar-refractivity contribution in [3.05, 3.63) is 29.8 Å². The van der Waals surface area contributed by atoms with Crippen LogP contribution in [0.15, 0.2) is 24.3 Å². The van der Waals surface area contributed by atoms with Crippen LogP contribution in [0.1, 0.15) is 25.3 Å². The third-order valence-electron chi connectivity index (χ3n) is 4.09. The molecule has 1 aromatic rings. The summed E-state index contributed by atoms with van der Waals surface area (Å²) in [7, 11) is 0. The summed E-state index contributed by atoms with van der Waals surface area (Å²) >= 11 is 0. The summed E-state index contributed by atoms with van der Waals surface area (Å²) in [4.78, 5) is 25.8. The van der Waals surface area contributed by atoms with Gasteiger partial charge in [-0.3, -0.25) is 9.59 Å². The van der Waals surface area contributed by atoms with Crippen molar-refractivity contribution in [3.8, 4) is 0 Å². The largest absolute Gasteiger partial charge is 0.355 e. The van der Waals surface area contributed by atoms with Gasteiger partial charge in [-0.25, -0.2) is 0 Å². The second kappa shape index (κ2) is 4.68. The molecule has 19 heavy (non-hydrogen) atoms. The molecule has 4 nitrogen and oxygen atoms in total. The molecular formula is C15H18N2O2. The molecule has 2 amide bonds. The standard InChI is InChI=1S/C15H18N2O2/c1-10-6-7-11-4-2-3-5-13(11)17(10)15(19)12-8-14(18)16-9-12/h2-5,10,12H,6-9H2,1H3,(H,16,18). The molecule has 1 aromatic carbocycles. The van der Waals surface area contributed by atoms with Crippen LogP contribution in [0.2, 0.25) is 0 Å². The molecule has 0 radical (unpaired) electrons. The molecular weight excluding hydrogens is 240 g/mol. The topological polar surface area (TPSA) is 49.4 Å². The molecule has 0 bridgehead atoms. The summed E-state index contributed by atoms with van der Waals surface area (Å²) in [5.41, 5.74) is 2.25. The van der Waals surface area contributed by atoms with E-state index in [4.69, 9.17) is 0 Å². The number of amides is 2. The number of nitrogens with zero attached hydrogens (tertiary/aromatic N) is 1. The lowest BCUT2D eigenvalue weighted by Crippen LogP contribution is -2.45. The molecule has 4 heteroatoms. The molecule has 0 saturated carbocycles. The molecule has 2 unspecified atom stereocenters. The second-order valence-corrected chi connectivity index (χ2v) is 5.43. The Morgan fingerprint density at radius 3 is 2.89 bits per heavy atom. The zero-order valence-corrected chi connectivity index (χ0v) is 11.1. The van der Waals surface area contributed by atoms with E-state index in [0.717, 1.165) is 18.5 Å². The Morgan fingerprint density at radius 2 is 2.16 bits per heavy atom. The zero-order valence-electron chi connectivity index (χ0n) is 11.1. The molecule has 2 atom stereocenters. The number of aryl methyl sites for hydroxylation is 1. The minimum absolute atomic E-state index is 0.0173. The van der Waals surface area contributed by atoms with Gasteiger partial charge in [0, 0.05) is 24.7 Å². The Kier molecular flexibility index (Phi) is 3.01. The lowest BCUT2D eigenvalue weighted by atomic mass is 9.94. The maximum absolute atomic E-state index is 12.7. The summed E-state index contributed by atoms with van der Waals surface area (Å²) < 4.78 is 0. The second-order valence-electron chi connectivity index (χ2n) is 5.43. The van der Waals surface area contributed by atoms with Gasteiger partial charge in [-0.15, -0.1) is 0 Å². The summed E-state index contributed by atoms with van der Waals surface area (Å²) in [6, 6.07) is 8.28. The van der Waals surface area contributed by atoms with Gasteiger partial charge in [-0.2, -0.15) is 0 Å². The Hall–Kier alpha value is -1.84. The molecule has 0 aliphatic carbocycles. The van der Waals surface area contributed by atoms with Crippen LogP contribution in [0.5, 0.6) is 0 Å². The molecule has 1 saturated heterocycles. The number of carbonyl (C=O) groups is 2. The Labute approximate surface area is 112 Å². The average molecular weight is 258 g/mol. The minimum Gasteiger partial charge on any atom is -0.355 e. The normalized spacial score (nSPS) is 25.9. The van der Waals surface area contributed by atoms with Gasteiger partial charge in [0.25, 0.3) is 0 Å². The van der Waals surface area contributed by atoms with Gasteiger partial charge in [0.2, 0.25) is 11.8 Å². The fourth-order valence-corrected chi connectivity index (χ4v) is 3.00. The monoisotopic (exact) mass is 258 g/mol. The minimum atomic E-state index is -0.207. The summed E-state index contributed by atoms with van der Waals surface area (Å²) in [6.07, 6.45) is 2.32. The maximum Gasteiger partial charge on any atom is 0.232 e. The van der Waals surface area contributed by atoms with Gasteiger partial charge in [0.1, 0.15) is 0 Å². The van der Waals surface area contributed by atoms with Crippen molar-refractivity contribution in [1.82, 2.24) is 5.32 Å². The number of nitrogens with one attached hydrogen (secondary N) is 1. The van der Waals surface area contributed by atoms with E-state index in [1.165, 1.54) is 5.56 Å². The molecule has 1 N–H and O–H groups in total. The van der Waals surface area contributed by atoms with Crippen LogP contribution in [0.4, 0.5) is 5.69 Å². The van der Waals surface area contributed by atoms with Gasteiger partial charge in [-0.1, -0.05) is 18.2 Å². The predicted octanol–water partition coefficient (Wildman–Crippen LogP) is 1.49. The highest BCUT2D eigenvalue weighted by Gasteiger charge is 2.36. The highest BCUT2D eigenvalue weighted by Crippen LogP contribution is 2.32. The number of hydrogen-bond donors (Lipinski definition) is 1. The van der Waals surface area contributed by atoms with E-state index in [0.29, 0.717) is 13.0 Å². The number of rotatable bonds is 1. The first-order chi connectivity index (χ1) is 9.16. The van der Waals surface area contributed by atoms with E-state index < -0.39 is 0 Å². The molecule has 100 valence electrons. The molecule has 2 aliphatic rings. The first-order valence-electron chi connectivity index (χ1n) is 6.84. The molecule has 1 fully saturated rings. The zero-order chi connectivity index (χ0) is 13.4. The van der Waals surface area contributed by atoms with Gasteiger partial charge >= 0.3 is 0 Å². The van der Waals surface area contributed by atoms with Crippen LogP contribution < -0.4 is 10.2 Å². The number of fused-ring (bicyclic) bond motifs is 1.